The Balaban J connectivity index is 1.52. The smallest absolute Gasteiger partial charge is 0.163 e. The quantitative estimate of drug-likeness (QED) is 0.493. The summed E-state index contributed by atoms with van der Waals surface area (Å²) in [5.41, 5.74) is 2.33. The minimum absolute atomic E-state index is 0.165. The van der Waals surface area contributed by atoms with Crippen molar-refractivity contribution in [1.82, 2.24) is 15.0 Å². The number of morpholine rings is 1. The van der Waals surface area contributed by atoms with Gasteiger partial charge in [-0.15, -0.1) is 0 Å². The van der Waals surface area contributed by atoms with Gasteiger partial charge in [0.25, 0.3) is 0 Å². The minimum atomic E-state index is -3.46. The lowest BCUT2D eigenvalue weighted by Gasteiger charge is -2.28. The minimum Gasteiger partial charge on any atom is -0.468 e. The molecule has 1 saturated heterocycles. The molecule has 0 saturated carbocycles. The Morgan fingerprint density at radius 2 is 1.90 bits per heavy atom. The van der Waals surface area contributed by atoms with E-state index in [0.717, 1.165) is 16.5 Å². The third kappa shape index (κ3) is 4.47. The van der Waals surface area contributed by atoms with E-state index in [1.807, 2.05) is 30.5 Å². The van der Waals surface area contributed by atoms with E-state index < -0.39 is 9.84 Å². The standard InChI is InChI=1S/C22H22N4O4S/c27-31(28,15-19-2-1-9-30-19)14-18-13-21(26-7-10-29-11-8-26)25-22(24-18)17-3-4-20-16(12-17)5-6-23-20/h1-6,9,12-13,23H,7-8,10-11,14-15H2. The maximum Gasteiger partial charge on any atom is 0.163 e. The molecule has 1 N–H and O–H groups in total. The average molecular weight is 439 g/mol. The highest BCUT2D eigenvalue weighted by atomic mass is 32.2. The second-order valence-corrected chi connectivity index (χ2v) is 9.60. The van der Waals surface area contributed by atoms with Gasteiger partial charge in [0.1, 0.15) is 17.3 Å². The third-order valence-corrected chi connectivity index (χ3v) is 6.68. The molecule has 31 heavy (non-hydrogen) atoms. The summed E-state index contributed by atoms with van der Waals surface area (Å²) in [4.78, 5) is 14.7. The first-order chi connectivity index (χ1) is 15.1. The van der Waals surface area contributed by atoms with Crippen molar-refractivity contribution in [3.05, 3.63) is 66.4 Å². The summed E-state index contributed by atoms with van der Waals surface area (Å²) in [6.45, 7) is 2.62. The average Bonchev–Trinajstić information content (AvgIpc) is 3.44. The van der Waals surface area contributed by atoms with Crippen LogP contribution in [0.15, 0.2) is 59.3 Å². The molecular formula is C22H22N4O4S. The number of hydrogen-bond acceptors (Lipinski definition) is 7. The van der Waals surface area contributed by atoms with Crippen molar-refractivity contribution in [3.63, 3.8) is 0 Å². The fraction of sp³-hybridized carbons (Fsp3) is 0.273. The molecule has 0 radical (unpaired) electrons. The number of hydrogen-bond donors (Lipinski definition) is 1. The van der Waals surface area contributed by atoms with Crippen LogP contribution in [0.3, 0.4) is 0 Å². The van der Waals surface area contributed by atoms with Crippen molar-refractivity contribution < 1.29 is 17.6 Å². The van der Waals surface area contributed by atoms with Gasteiger partial charge in [0.2, 0.25) is 0 Å². The Labute approximate surface area is 179 Å². The van der Waals surface area contributed by atoms with Gasteiger partial charge < -0.3 is 19.0 Å². The number of aromatic nitrogens is 3. The summed E-state index contributed by atoms with van der Waals surface area (Å²) in [7, 11) is -3.46. The van der Waals surface area contributed by atoms with E-state index in [4.69, 9.17) is 14.1 Å². The maximum absolute atomic E-state index is 12.8. The van der Waals surface area contributed by atoms with Gasteiger partial charge in [-0.3, -0.25) is 0 Å². The van der Waals surface area contributed by atoms with Crippen LogP contribution >= 0.6 is 0 Å². The first kappa shape index (κ1) is 19.8. The van der Waals surface area contributed by atoms with Crippen LogP contribution in [0, 0.1) is 0 Å². The molecule has 1 aliphatic rings. The van der Waals surface area contributed by atoms with Gasteiger partial charge in [0, 0.05) is 41.8 Å². The van der Waals surface area contributed by atoms with Crippen LogP contribution in [0.2, 0.25) is 0 Å². The molecule has 0 bridgehead atoms. The first-order valence-electron chi connectivity index (χ1n) is 10.1. The van der Waals surface area contributed by atoms with Gasteiger partial charge in [0.15, 0.2) is 15.7 Å². The summed E-state index contributed by atoms with van der Waals surface area (Å²) >= 11 is 0. The molecule has 8 nitrogen and oxygen atoms in total. The highest BCUT2D eigenvalue weighted by molar-refractivity contribution is 7.89. The molecule has 1 aromatic carbocycles. The number of anilines is 1. The van der Waals surface area contributed by atoms with E-state index in [2.05, 4.69) is 14.9 Å². The lowest BCUT2D eigenvalue weighted by atomic mass is 10.1. The van der Waals surface area contributed by atoms with E-state index in [1.165, 1.54) is 6.26 Å². The van der Waals surface area contributed by atoms with Crippen LogP contribution in [0.4, 0.5) is 5.82 Å². The SMILES string of the molecule is O=S(=O)(Cc1cc(N2CCOCC2)nc(-c2ccc3[nH]ccc3c2)n1)Cc1ccco1. The number of furan rings is 1. The molecule has 3 aromatic heterocycles. The van der Waals surface area contributed by atoms with Crippen LogP contribution in [0.1, 0.15) is 11.5 Å². The summed E-state index contributed by atoms with van der Waals surface area (Å²) in [6.07, 6.45) is 3.35. The van der Waals surface area contributed by atoms with Crippen molar-refractivity contribution in [3.8, 4) is 11.4 Å². The summed E-state index contributed by atoms with van der Waals surface area (Å²) in [6, 6.07) is 13.0. The number of sulfone groups is 1. The Hall–Kier alpha value is -3.17. The van der Waals surface area contributed by atoms with Gasteiger partial charge in [0.05, 0.1) is 30.9 Å². The van der Waals surface area contributed by atoms with Gasteiger partial charge in [-0.2, -0.15) is 0 Å². The summed E-state index contributed by atoms with van der Waals surface area (Å²) < 4.78 is 36.2. The predicted molar refractivity (Wildman–Crippen MR) is 117 cm³/mol. The fourth-order valence-electron chi connectivity index (χ4n) is 3.72. The molecule has 1 aliphatic heterocycles. The summed E-state index contributed by atoms with van der Waals surface area (Å²) in [5.74, 6) is 1.29. The predicted octanol–water partition coefficient (Wildman–Crippen LogP) is 3.17. The van der Waals surface area contributed by atoms with Crippen LogP contribution in [-0.2, 0) is 26.1 Å². The molecule has 0 atom stereocenters. The molecule has 0 spiro atoms. The van der Waals surface area contributed by atoms with Crippen LogP contribution in [0.25, 0.3) is 22.3 Å². The van der Waals surface area contributed by atoms with Crippen molar-refractivity contribution >= 4 is 26.6 Å². The normalized spacial score (nSPS) is 14.9. The van der Waals surface area contributed by atoms with E-state index in [9.17, 15) is 8.42 Å². The van der Waals surface area contributed by atoms with Gasteiger partial charge in [-0.25, -0.2) is 18.4 Å². The number of rotatable bonds is 6. The topological polar surface area (TPSA) is 101 Å². The maximum atomic E-state index is 12.8. The number of fused-ring (bicyclic) bond motifs is 1. The van der Waals surface area contributed by atoms with Gasteiger partial charge in [-0.1, -0.05) is 0 Å². The van der Waals surface area contributed by atoms with Crippen LogP contribution < -0.4 is 4.90 Å². The molecule has 4 aromatic rings. The highest BCUT2D eigenvalue weighted by Crippen LogP contribution is 2.25. The van der Waals surface area contributed by atoms with Gasteiger partial charge >= 0.3 is 0 Å². The van der Waals surface area contributed by atoms with Crippen molar-refractivity contribution in [1.29, 1.82) is 0 Å². The van der Waals surface area contributed by atoms with Gasteiger partial charge in [-0.05, 0) is 36.4 Å². The first-order valence-corrected chi connectivity index (χ1v) is 11.9. The lowest BCUT2D eigenvalue weighted by Crippen LogP contribution is -2.37. The number of aromatic amines is 1. The monoisotopic (exact) mass is 438 g/mol. The Morgan fingerprint density at radius 1 is 1.03 bits per heavy atom. The molecule has 0 amide bonds. The van der Waals surface area contributed by atoms with Crippen LogP contribution in [-0.4, -0.2) is 49.7 Å². The Bertz CT molecular complexity index is 1290. The van der Waals surface area contributed by atoms with E-state index in [1.54, 1.807) is 18.2 Å². The molecule has 5 rings (SSSR count). The number of ether oxygens (including phenoxy) is 1. The van der Waals surface area contributed by atoms with Crippen molar-refractivity contribution in [2.75, 3.05) is 31.2 Å². The third-order valence-electron chi connectivity index (χ3n) is 5.22. The number of H-pyrrole nitrogens is 1. The number of nitrogens with zero attached hydrogens (tertiary/aromatic N) is 3. The van der Waals surface area contributed by atoms with E-state index in [0.29, 0.717) is 49.4 Å². The van der Waals surface area contributed by atoms with Crippen molar-refractivity contribution in [2.24, 2.45) is 0 Å². The fourth-order valence-corrected chi connectivity index (χ4v) is 5.02. The second-order valence-electron chi connectivity index (χ2n) is 7.53. The zero-order valence-electron chi connectivity index (χ0n) is 16.8. The highest BCUT2D eigenvalue weighted by Gasteiger charge is 2.20. The largest absolute Gasteiger partial charge is 0.468 e. The van der Waals surface area contributed by atoms with E-state index in [-0.39, 0.29) is 11.5 Å². The zero-order chi connectivity index (χ0) is 21.3. The lowest BCUT2D eigenvalue weighted by molar-refractivity contribution is 0.122. The number of nitrogens with one attached hydrogen (secondary N) is 1. The molecule has 0 aliphatic carbocycles. The molecule has 4 heterocycles. The Morgan fingerprint density at radius 3 is 2.71 bits per heavy atom. The number of benzene rings is 1. The summed E-state index contributed by atoms with van der Waals surface area (Å²) in [5, 5.41) is 1.05. The van der Waals surface area contributed by atoms with E-state index >= 15 is 0 Å². The zero-order valence-corrected chi connectivity index (χ0v) is 17.6. The van der Waals surface area contributed by atoms with Crippen LogP contribution in [0.5, 0.6) is 0 Å². The second kappa shape index (κ2) is 8.16. The molecule has 0 unspecified atom stereocenters. The molecule has 9 heteroatoms. The molecular weight excluding hydrogens is 416 g/mol. The van der Waals surface area contributed by atoms with Crippen molar-refractivity contribution in [2.45, 2.75) is 11.5 Å². The molecule has 1 fully saturated rings. The molecule has 160 valence electrons. The Kier molecular flexibility index (Phi) is 5.21.